The topological polar surface area (TPSA) is 54.0 Å². The molecule has 0 amide bonds. The average Bonchev–Trinajstić information content (AvgIpc) is 3.00. The number of hydrogen-bond acceptors (Lipinski definition) is 2. The van der Waals surface area contributed by atoms with Crippen LogP contribution in [0.3, 0.4) is 0 Å². The van der Waals surface area contributed by atoms with Crippen molar-refractivity contribution in [1.29, 1.82) is 0 Å². The van der Waals surface area contributed by atoms with Crippen LogP contribution in [0.4, 0.5) is 0 Å². The molecule has 2 rings (SSSR count). The summed E-state index contributed by atoms with van der Waals surface area (Å²) in [5.41, 5.74) is 0.523. The second-order valence-electron chi connectivity index (χ2n) is 2.71. The van der Waals surface area contributed by atoms with Crippen molar-refractivity contribution in [3.8, 4) is 0 Å². The first-order valence-electron chi connectivity index (χ1n) is 4.61. The molecular formula is C14H9CoO3+. The normalized spacial score (nSPS) is 11.7. The summed E-state index contributed by atoms with van der Waals surface area (Å²) in [5, 5.41) is 0. The minimum absolute atomic E-state index is 0. The van der Waals surface area contributed by atoms with Crippen molar-refractivity contribution in [2.45, 2.75) is 0 Å². The molecule has 0 aliphatic heterocycles. The van der Waals surface area contributed by atoms with E-state index >= 15 is 0 Å². The molecule has 0 heterocycles. The van der Waals surface area contributed by atoms with E-state index in [0.717, 1.165) is 0 Å². The van der Waals surface area contributed by atoms with Crippen molar-refractivity contribution in [1.82, 2.24) is 0 Å². The molecule has 0 saturated heterocycles. The van der Waals surface area contributed by atoms with E-state index in [4.69, 9.17) is 4.65 Å². The van der Waals surface area contributed by atoms with E-state index in [2.05, 4.69) is 6.65 Å². The van der Waals surface area contributed by atoms with E-state index in [1.807, 2.05) is 32.1 Å². The third kappa shape index (κ3) is 7.98. The molecule has 1 aliphatic rings. The maximum Gasteiger partial charge on any atom is 3.00 e. The molecule has 1 aliphatic carbocycles. The van der Waals surface area contributed by atoms with Crippen LogP contribution in [-0.4, -0.2) is 12.6 Å². The van der Waals surface area contributed by atoms with Gasteiger partial charge in [0.15, 0.2) is 0 Å². The largest absolute Gasteiger partial charge is 3.00 e. The van der Waals surface area contributed by atoms with Gasteiger partial charge in [-0.1, -0.05) is 0 Å². The first-order valence-corrected chi connectivity index (χ1v) is 4.61. The summed E-state index contributed by atoms with van der Waals surface area (Å²) in [5.74, 6) is 0. The fraction of sp³-hybridized carbons (Fsp3) is 0. The molecule has 0 N–H and O–H groups in total. The van der Waals surface area contributed by atoms with Gasteiger partial charge < -0.3 is 9.59 Å². The molecule has 4 heteroatoms. The van der Waals surface area contributed by atoms with Gasteiger partial charge in [0.05, 0.1) is 0 Å². The fourth-order valence-electron chi connectivity index (χ4n) is 0.982. The quantitative estimate of drug-likeness (QED) is 0.611. The number of hydrogen-bond donors (Lipinski definition) is 0. The SMILES string of the molecule is O=[C-]c1ccccc1[C-]=O.[C-]#[O+].[CH]1[CH][CH][CH][CH]1.[Co+3]. The zero-order chi connectivity index (χ0) is 12.9. The summed E-state index contributed by atoms with van der Waals surface area (Å²) in [6.45, 7) is 4.50. The van der Waals surface area contributed by atoms with Crippen LogP contribution in [0, 0.1) is 38.8 Å². The first-order chi connectivity index (χ1) is 8.38. The summed E-state index contributed by atoms with van der Waals surface area (Å²) < 4.78 is 7.50. The van der Waals surface area contributed by atoms with E-state index in [-0.39, 0.29) is 27.9 Å². The Morgan fingerprint density at radius 3 is 1.28 bits per heavy atom. The van der Waals surface area contributed by atoms with Crippen LogP contribution >= 0.6 is 0 Å². The van der Waals surface area contributed by atoms with Crippen molar-refractivity contribution in [2.75, 3.05) is 0 Å². The van der Waals surface area contributed by atoms with Crippen LogP contribution in [0.5, 0.6) is 0 Å². The van der Waals surface area contributed by atoms with Gasteiger partial charge in [-0.25, -0.2) is 12.1 Å². The molecule has 0 bridgehead atoms. The molecule has 1 fully saturated rings. The van der Waals surface area contributed by atoms with Gasteiger partial charge in [0.25, 0.3) is 0 Å². The van der Waals surface area contributed by atoms with Crippen molar-refractivity contribution in [2.24, 2.45) is 0 Å². The summed E-state index contributed by atoms with van der Waals surface area (Å²) in [7, 11) is 0. The molecule has 1 aromatic rings. The van der Waals surface area contributed by atoms with E-state index in [9.17, 15) is 9.59 Å². The Morgan fingerprint density at radius 1 is 0.778 bits per heavy atom. The van der Waals surface area contributed by atoms with Crippen LogP contribution < -0.4 is 0 Å². The number of benzene rings is 1. The second kappa shape index (κ2) is 13.9. The predicted octanol–water partition coefficient (Wildman–Crippen LogP) is 1.58. The number of rotatable bonds is 2. The molecule has 3 nitrogen and oxygen atoms in total. The van der Waals surface area contributed by atoms with E-state index in [0.29, 0.717) is 0 Å². The average molecular weight is 284 g/mol. The Kier molecular flexibility index (Phi) is 14.8. The Bertz CT molecular complexity index is 322. The molecule has 1 aromatic carbocycles. The molecule has 5 radical (unpaired) electrons. The predicted molar refractivity (Wildman–Crippen MR) is 61.5 cm³/mol. The van der Waals surface area contributed by atoms with Gasteiger partial charge in [-0.3, -0.25) is 11.1 Å². The van der Waals surface area contributed by atoms with Gasteiger partial charge >= 0.3 is 28.1 Å². The summed E-state index contributed by atoms with van der Waals surface area (Å²) >= 11 is 0. The molecule has 18 heavy (non-hydrogen) atoms. The second-order valence-corrected chi connectivity index (χ2v) is 2.71. The third-order valence-electron chi connectivity index (χ3n) is 1.70. The Hall–Kier alpha value is -1.19. The Labute approximate surface area is 118 Å². The van der Waals surface area contributed by atoms with Gasteiger partial charge in [-0.2, -0.15) is 0 Å². The first kappa shape index (κ1) is 19.2. The van der Waals surface area contributed by atoms with Gasteiger partial charge in [0.2, 0.25) is 0 Å². The summed E-state index contributed by atoms with van der Waals surface area (Å²) in [6.07, 6.45) is 13.3. The van der Waals surface area contributed by atoms with E-state index < -0.39 is 0 Å². The number of carbonyl (C=O) groups excluding carboxylic acids is 2. The molecule has 0 atom stereocenters. The van der Waals surface area contributed by atoms with Crippen LogP contribution in [0.25, 0.3) is 0 Å². The van der Waals surface area contributed by atoms with Crippen LogP contribution in [-0.2, 0) is 31.0 Å². The maximum absolute atomic E-state index is 10.1. The third-order valence-corrected chi connectivity index (χ3v) is 1.70. The Morgan fingerprint density at radius 2 is 1.06 bits per heavy atom. The zero-order valence-corrected chi connectivity index (χ0v) is 10.3. The molecule has 0 spiro atoms. The van der Waals surface area contributed by atoms with Gasteiger partial charge in [-0.05, 0) is 44.7 Å². The van der Waals surface area contributed by atoms with Crippen molar-refractivity contribution in [3.63, 3.8) is 0 Å². The Balaban J connectivity index is 0. The fourth-order valence-corrected chi connectivity index (χ4v) is 0.982. The molecular weight excluding hydrogens is 275 g/mol. The molecule has 0 aromatic heterocycles. The minimum Gasteiger partial charge on any atom is -0.0312 e. The molecule has 91 valence electrons. The van der Waals surface area contributed by atoms with Crippen LogP contribution in [0.2, 0.25) is 0 Å². The summed E-state index contributed by atoms with van der Waals surface area (Å²) in [6, 6.07) is 6.38. The van der Waals surface area contributed by atoms with Crippen molar-refractivity contribution in [3.05, 3.63) is 74.1 Å². The monoisotopic (exact) mass is 284 g/mol. The molecule has 0 unspecified atom stereocenters. The van der Waals surface area contributed by atoms with E-state index in [1.165, 1.54) is 12.1 Å². The van der Waals surface area contributed by atoms with Gasteiger partial charge in [0.1, 0.15) is 0 Å². The molecule has 1 saturated carbocycles. The zero-order valence-electron chi connectivity index (χ0n) is 9.25. The van der Waals surface area contributed by atoms with Crippen molar-refractivity contribution < 1.29 is 31.0 Å². The van der Waals surface area contributed by atoms with Gasteiger partial charge in [0, 0.05) is 0 Å². The van der Waals surface area contributed by atoms with Gasteiger partial charge in [-0.15, -0.1) is 12.1 Å². The standard InChI is InChI=1S/C8H4O2.C5H5.CO.Co/c9-5-7-3-1-2-4-8(7)6-10;1-2-4-5-3-1;1-2;/h1-4H;1-5H;;/q-2;;;+3. The van der Waals surface area contributed by atoms with E-state index in [1.54, 1.807) is 24.7 Å². The maximum atomic E-state index is 10.1. The van der Waals surface area contributed by atoms with Crippen LogP contribution in [0.1, 0.15) is 11.1 Å². The van der Waals surface area contributed by atoms with Crippen LogP contribution in [0.15, 0.2) is 24.3 Å². The van der Waals surface area contributed by atoms with Crippen molar-refractivity contribution >= 4 is 12.6 Å². The minimum atomic E-state index is 0. The summed E-state index contributed by atoms with van der Waals surface area (Å²) in [4.78, 5) is 20.2. The smallest absolute Gasteiger partial charge is 0.0312 e.